The standard InChI is InChI=1S/C17H22N2O3S2/c1-14(15-7-4-3-5-8-15)19(24(2,21)22)11-10-18-17(20)13-16-9-6-12-23-16/h3-9,12,14H,10-11,13H2,1-2H3,(H,18,20). The Labute approximate surface area is 147 Å². The average molecular weight is 367 g/mol. The second-order valence-corrected chi connectivity index (χ2v) is 8.53. The van der Waals surface area contributed by atoms with Crippen molar-refractivity contribution in [2.75, 3.05) is 19.3 Å². The number of rotatable bonds is 8. The molecule has 2 rings (SSSR count). The molecular weight excluding hydrogens is 344 g/mol. The zero-order chi connectivity index (χ0) is 17.6. The number of sulfonamides is 1. The van der Waals surface area contributed by atoms with E-state index in [1.165, 1.54) is 21.9 Å². The third kappa shape index (κ3) is 5.43. The fourth-order valence-electron chi connectivity index (χ4n) is 2.48. The van der Waals surface area contributed by atoms with Gasteiger partial charge in [0.1, 0.15) is 0 Å². The normalized spacial score (nSPS) is 13.0. The summed E-state index contributed by atoms with van der Waals surface area (Å²) >= 11 is 1.53. The second kappa shape index (κ2) is 8.41. The van der Waals surface area contributed by atoms with Gasteiger partial charge in [-0.3, -0.25) is 4.79 Å². The molecule has 1 aromatic heterocycles. The number of amides is 1. The largest absolute Gasteiger partial charge is 0.354 e. The molecule has 5 nitrogen and oxygen atoms in total. The molecule has 0 saturated heterocycles. The Balaban J connectivity index is 1.94. The molecule has 1 unspecified atom stereocenters. The van der Waals surface area contributed by atoms with Crippen LogP contribution in [0.15, 0.2) is 47.8 Å². The molecule has 1 aromatic carbocycles. The number of carbonyl (C=O) groups is 1. The SMILES string of the molecule is CC(c1ccccc1)N(CCNC(=O)Cc1cccs1)S(C)(=O)=O. The van der Waals surface area contributed by atoms with Crippen LogP contribution < -0.4 is 5.32 Å². The molecule has 24 heavy (non-hydrogen) atoms. The molecule has 1 atom stereocenters. The van der Waals surface area contributed by atoms with Gasteiger partial charge in [0.25, 0.3) is 0 Å². The first-order chi connectivity index (χ1) is 11.4. The molecular formula is C17H22N2O3S2. The van der Waals surface area contributed by atoms with Gasteiger partial charge in [0.2, 0.25) is 15.9 Å². The molecule has 0 spiro atoms. The van der Waals surface area contributed by atoms with Crippen LogP contribution in [0.2, 0.25) is 0 Å². The highest BCUT2D eigenvalue weighted by molar-refractivity contribution is 7.88. The first kappa shape index (κ1) is 18.6. The number of hydrogen-bond acceptors (Lipinski definition) is 4. The maximum Gasteiger partial charge on any atom is 0.225 e. The zero-order valence-corrected chi connectivity index (χ0v) is 15.4. The lowest BCUT2D eigenvalue weighted by atomic mass is 10.1. The minimum absolute atomic E-state index is 0.0988. The number of hydrogen-bond donors (Lipinski definition) is 1. The van der Waals surface area contributed by atoms with Gasteiger partial charge in [0.05, 0.1) is 12.7 Å². The van der Waals surface area contributed by atoms with Crippen LogP contribution in [0.3, 0.4) is 0 Å². The first-order valence-corrected chi connectivity index (χ1v) is 10.4. The lowest BCUT2D eigenvalue weighted by Gasteiger charge is -2.27. The summed E-state index contributed by atoms with van der Waals surface area (Å²) in [5, 5.41) is 4.72. The zero-order valence-electron chi connectivity index (χ0n) is 13.8. The highest BCUT2D eigenvalue weighted by Gasteiger charge is 2.24. The number of benzene rings is 1. The lowest BCUT2D eigenvalue weighted by molar-refractivity contribution is -0.120. The summed E-state index contributed by atoms with van der Waals surface area (Å²) in [6, 6.07) is 13.0. The fourth-order valence-corrected chi connectivity index (χ4v) is 4.31. The molecule has 0 aliphatic rings. The molecule has 130 valence electrons. The van der Waals surface area contributed by atoms with Crippen molar-refractivity contribution >= 4 is 27.3 Å². The Morgan fingerprint density at radius 2 is 1.92 bits per heavy atom. The molecule has 0 saturated carbocycles. The third-order valence-electron chi connectivity index (χ3n) is 3.71. The van der Waals surface area contributed by atoms with Crippen LogP contribution in [0.25, 0.3) is 0 Å². The Kier molecular flexibility index (Phi) is 6.53. The van der Waals surface area contributed by atoms with Crippen LogP contribution in [0.5, 0.6) is 0 Å². The molecule has 0 aliphatic carbocycles. The highest BCUT2D eigenvalue weighted by Crippen LogP contribution is 2.21. The van der Waals surface area contributed by atoms with Crippen molar-refractivity contribution in [3.8, 4) is 0 Å². The van der Waals surface area contributed by atoms with Gasteiger partial charge in [-0.15, -0.1) is 11.3 Å². The van der Waals surface area contributed by atoms with Crippen molar-refractivity contribution in [2.24, 2.45) is 0 Å². The third-order valence-corrected chi connectivity index (χ3v) is 5.94. The van der Waals surface area contributed by atoms with Gasteiger partial charge in [-0.1, -0.05) is 36.4 Å². The van der Waals surface area contributed by atoms with Crippen LogP contribution >= 0.6 is 11.3 Å². The van der Waals surface area contributed by atoms with Gasteiger partial charge < -0.3 is 5.32 Å². The summed E-state index contributed by atoms with van der Waals surface area (Å²) in [4.78, 5) is 12.9. The van der Waals surface area contributed by atoms with E-state index < -0.39 is 10.0 Å². The Bertz CT molecular complexity index is 743. The van der Waals surface area contributed by atoms with Crippen molar-refractivity contribution in [3.63, 3.8) is 0 Å². The molecule has 0 radical (unpaired) electrons. The van der Waals surface area contributed by atoms with Gasteiger partial charge in [0.15, 0.2) is 0 Å². The van der Waals surface area contributed by atoms with Gasteiger partial charge in [-0.05, 0) is 23.9 Å². The van der Waals surface area contributed by atoms with E-state index in [4.69, 9.17) is 0 Å². The van der Waals surface area contributed by atoms with E-state index in [2.05, 4.69) is 5.32 Å². The van der Waals surface area contributed by atoms with Gasteiger partial charge >= 0.3 is 0 Å². The molecule has 0 fully saturated rings. The van der Waals surface area contributed by atoms with Crippen LogP contribution in [-0.4, -0.2) is 38.0 Å². The van der Waals surface area contributed by atoms with E-state index in [9.17, 15) is 13.2 Å². The summed E-state index contributed by atoms with van der Waals surface area (Å²) in [5.74, 6) is -0.0988. The minimum Gasteiger partial charge on any atom is -0.354 e. The summed E-state index contributed by atoms with van der Waals surface area (Å²) in [6.07, 6.45) is 1.52. The average Bonchev–Trinajstić information content (AvgIpc) is 3.03. The predicted molar refractivity (Wildman–Crippen MR) is 97.4 cm³/mol. The number of nitrogens with one attached hydrogen (secondary N) is 1. The van der Waals surface area contributed by atoms with E-state index >= 15 is 0 Å². The summed E-state index contributed by atoms with van der Waals surface area (Å²) in [6.45, 7) is 2.38. The van der Waals surface area contributed by atoms with E-state index in [0.29, 0.717) is 6.42 Å². The summed E-state index contributed by atoms with van der Waals surface area (Å²) < 4.78 is 25.6. The van der Waals surface area contributed by atoms with E-state index in [1.54, 1.807) is 0 Å². The minimum atomic E-state index is -3.38. The van der Waals surface area contributed by atoms with E-state index in [-0.39, 0.29) is 25.0 Å². The molecule has 0 aliphatic heterocycles. The van der Waals surface area contributed by atoms with Gasteiger partial charge in [-0.25, -0.2) is 8.42 Å². The molecule has 1 amide bonds. The first-order valence-electron chi connectivity index (χ1n) is 7.69. The van der Waals surface area contributed by atoms with Crippen molar-refractivity contribution in [3.05, 3.63) is 58.3 Å². The van der Waals surface area contributed by atoms with Gasteiger partial charge in [0, 0.05) is 24.0 Å². The van der Waals surface area contributed by atoms with Gasteiger partial charge in [-0.2, -0.15) is 4.31 Å². The van der Waals surface area contributed by atoms with Crippen molar-refractivity contribution in [2.45, 2.75) is 19.4 Å². The Morgan fingerprint density at radius 3 is 2.50 bits per heavy atom. The van der Waals surface area contributed by atoms with Crippen LogP contribution in [0.1, 0.15) is 23.4 Å². The second-order valence-electron chi connectivity index (χ2n) is 5.57. The molecule has 1 heterocycles. The Hall–Kier alpha value is -1.70. The predicted octanol–water partition coefficient (Wildman–Crippen LogP) is 2.43. The van der Waals surface area contributed by atoms with Crippen molar-refractivity contribution in [1.82, 2.24) is 9.62 Å². The summed E-state index contributed by atoms with van der Waals surface area (Å²) in [7, 11) is -3.38. The maximum atomic E-state index is 12.1. The van der Waals surface area contributed by atoms with Crippen molar-refractivity contribution < 1.29 is 13.2 Å². The monoisotopic (exact) mass is 366 g/mol. The van der Waals surface area contributed by atoms with Crippen LogP contribution in [0.4, 0.5) is 0 Å². The number of carbonyl (C=O) groups excluding carboxylic acids is 1. The topological polar surface area (TPSA) is 66.5 Å². The fraction of sp³-hybridized carbons (Fsp3) is 0.353. The van der Waals surface area contributed by atoms with E-state index in [0.717, 1.165) is 10.4 Å². The number of nitrogens with zero attached hydrogens (tertiary/aromatic N) is 1. The maximum absolute atomic E-state index is 12.1. The molecule has 7 heteroatoms. The summed E-state index contributed by atoms with van der Waals surface area (Å²) in [5.41, 5.74) is 0.924. The lowest BCUT2D eigenvalue weighted by Crippen LogP contribution is -2.39. The van der Waals surface area contributed by atoms with Crippen LogP contribution in [-0.2, 0) is 21.2 Å². The number of thiophene rings is 1. The molecule has 2 aromatic rings. The molecule has 0 bridgehead atoms. The Morgan fingerprint density at radius 1 is 1.21 bits per heavy atom. The quantitative estimate of drug-likeness (QED) is 0.780. The van der Waals surface area contributed by atoms with Crippen LogP contribution in [0, 0.1) is 0 Å². The van der Waals surface area contributed by atoms with E-state index in [1.807, 2.05) is 54.8 Å². The highest BCUT2D eigenvalue weighted by atomic mass is 32.2. The smallest absolute Gasteiger partial charge is 0.225 e. The molecule has 1 N–H and O–H groups in total. The van der Waals surface area contributed by atoms with Crippen molar-refractivity contribution in [1.29, 1.82) is 0 Å².